The van der Waals surface area contributed by atoms with Crippen molar-refractivity contribution < 1.29 is 0 Å². The molecule has 0 heterocycles. The zero-order chi connectivity index (χ0) is 12.6. The van der Waals surface area contributed by atoms with E-state index in [1.54, 1.807) is 0 Å². The van der Waals surface area contributed by atoms with Crippen LogP contribution in [0.15, 0.2) is 30.3 Å². The summed E-state index contributed by atoms with van der Waals surface area (Å²) in [7, 11) is 0. The maximum atomic E-state index is 2.44. The highest BCUT2D eigenvalue weighted by Crippen LogP contribution is 2.31. The highest BCUT2D eigenvalue weighted by molar-refractivity contribution is 14.1. The summed E-state index contributed by atoms with van der Waals surface area (Å²) in [4.78, 5) is 0. The van der Waals surface area contributed by atoms with Crippen LogP contribution < -0.4 is 0 Å². The highest BCUT2D eigenvalue weighted by Gasteiger charge is 2.09. The van der Waals surface area contributed by atoms with Gasteiger partial charge >= 0.3 is 0 Å². The van der Waals surface area contributed by atoms with Crippen LogP contribution in [-0.2, 0) is 0 Å². The minimum absolute atomic E-state index is 1.31. The minimum atomic E-state index is 1.31. The summed E-state index contributed by atoms with van der Waals surface area (Å²) < 4.78 is 4.03. The number of aryl methyl sites for hydroxylation is 2. The first-order valence-electron chi connectivity index (χ1n) is 5.22. The average Bonchev–Trinajstić information content (AvgIpc) is 2.30. The van der Waals surface area contributed by atoms with E-state index in [9.17, 15) is 0 Å². The molecular formula is C14H11I3. The summed E-state index contributed by atoms with van der Waals surface area (Å²) in [6.45, 7) is 4.31. The molecule has 3 heteroatoms. The van der Waals surface area contributed by atoms with E-state index < -0.39 is 0 Å². The Kier molecular flexibility index (Phi) is 4.73. The van der Waals surface area contributed by atoms with Gasteiger partial charge in [-0.2, -0.15) is 0 Å². The standard InChI is InChI=1S/C14H11I3/c1-8-3-5-10(7-12(8)15)11-6-4-9(2)13(16)14(11)17/h3-7H,1-2H3. The Hall–Kier alpha value is 0.630. The number of rotatable bonds is 1. The summed E-state index contributed by atoms with van der Waals surface area (Å²) in [6.07, 6.45) is 0. The minimum Gasteiger partial charge on any atom is -0.0577 e. The summed E-state index contributed by atoms with van der Waals surface area (Å²) in [6, 6.07) is 11.1. The van der Waals surface area contributed by atoms with Crippen LogP contribution in [0.3, 0.4) is 0 Å². The molecule has 0 N–H and O–H groups in total. The van der Waals surface area contributed by atoms with Gasteiger partial charge in [-0.3, -0.25) is 0 Å². The maximum absolute atomic E-state index is 2.44. The summed E-state index contributed by atoms with van der Waals surface area (Å²) in [5, 5.41) is 0. The van der Waals surface area contributed by atoms with Gasteiger partial charge in [0.2, 0.25) is 0 Å². The van der Waals surface area contributed by atoms with Crippen LogP contribution in [0.1, 0.15) is 11.1 Å². The molecule has 0 atom stereocenters. The van der Waals surface area contributed by atoms with E-state index in [2.05, 4.69) is 112 Å². The van der Waals surface area contributed by atoms with Crippen molar-refractivity contribution in [3.8, 4) is 11.1 Å². The lowest BCUT2D eigenvalue weighted by Crippen LogP contribution is -1.91. The van der Waals surface area contributed by atoms with Crippen LogP contribution in [-0.4, -0.2) is 0 Å². The lowest BCUT2D eigenvalue weighted by molar-refractivity contribution is 1.38. The van der Waals surface area contributed by atoms with Gasteiger partial charge in [-0.05, 0) is 110 Å². The predicted octanol–water partition coefficient (Wildman–Crippen LogP) is 5.78. The van der Waals surface area contributed by atoms with Crippen LogP contribution in [0.5, 0.6) is 0 Å². The second-order valence-corrected chi connectivity index (χ2v) is 7.34. The van der Waals surface area contributed by atoms with Gasteiger partial charge in [0.1, 0.15) is 0 Å². The molecule has 0 aliphatic rings. The monoisotopic (exact) mass is 560 g/mol. The number of benzene rings is 2. The van der Waals surface area contributed by atoms with E-state index in [-0.39, 0.29) is 0 Å². The Balaban J connectivity index is 2.61. The van der Waals surface area contributed by atoms with Crippen molar-refractivity contribution in [3.05, 3.63) is 52.2 Å². The molecular weight excluding hydrogens is 549 g/mol. The Bertz CT molecular complexity index is 574. The number of halogens is 3. The third kappa shape index (κ3) is 2.97. The van der Waals surface area contributed by atoms with Crippen molar-refractivity contribution in [3.63, 3.8) is 0 Å². The molecule has 2 aromatic rings. The van der Waals surface area contributed by atoms with E-state index in [1.165, 1.54) is 33.0 Å². The fourth-order valence-corrected chi connectivity index (χ4v) is 3.53. The molecule has 0 aliphatic heterocycles. The van der Waals surface area contributed by atoms with E-state index in [4.69, 9.17) is 0 Å². The fourth-order valence-electron chi connectivity index (χ4n) is 1.63. The molecule has 0 aliphatic carbocycles. The molecule has 88 valence electrons. The zero-order valence-electron chi connectivity index (χ0n) is 9.52. The number of hydrogen-bond acceptors (Lipinski definition) is 0. The van der Waals surface area contributed by atoms with E-state index >= 15 is 0 Å². The Labute approximate surface area is 143 Å². The zero-order valence-corrected chi connectivity index (χ0v) is 16.0. The highest BCUT2D eigenvalue weighted by atomic mass is 127. The summed E-state index contributed by atoms with van der Waals surface area (Å²) in [5.74, 6) is 0. The Morgan fingerprint density at radius 1 is 0.765 bits per heavy atom. The molecule has 0 spiro atoms. The van der Waals surface area contributed by atoms with Gasteiger partial charge in [0.15, 0.2) is 0 Å². The molecule has 0 saturated heterocycles. The molecule has 0 radical (unpaired) electrons. The van der Waals surface area contributed by atoms with Gasteiger partial charge in [-0.15, -0.1) is 0 Å². The van der Waals surface area contributed by atoms with Crippen molar-refractivity contribution in [1.29, 1.82) is 0 Å². The smallest absolute Gasteiger partial charge is 0.0345 e. The predicted molar refractivity (Wildman–Crippen MR) is 99.5 cm³/mol. The third-order valence-corrected chi connectivity index (χ3v) is 7.46. The van der Waals surface area contributed by atoms with Gasteiger partial charge in [-0.25, -0.2) is 0 Å². The molecule has 0 fully saturated rings. The van der Waals surface area contributed by atoms with Gasteiger partial charge in [0, 0.05) is 10.7 Å². The van der Waals surface area contributed by atoms with Gasteiger partial charge < -0.3 is 0 Å². The largest absolute Gasteiger partial charge is 0.0577 e. The molecule has 0 aromatic heterocycles. The normalized spacial score (nSPS) is 10.6. The quantitative estimate of drug-likeness (QED) is 0.389. The van der Waals surface area contributed by atoms with Crippen molar-refractivity contribution >= 4 is 67.8 Å². The summed E-state index contributed by atoms with van der Waals surface area (Å²) >= 11 is 7.27. The molecule has 2 rings (SSSR count). The second-order valence-electron chi connectivity index (χ2n) is 4.02. The number of hydrogen-bond donors (Lipinski definition) is 0. The van der Waals surface area contributed by atoms with Crippen LogP contribution in [0.4, 0.5) is 0 Å². The fraction of sp³-hybridized carbons (Fsp3) is 0.143. The topological polar surface area (TPSA) is 0 Å². The van der Waals surface area contributed by atoms with Crippen molar-refractivity contribution in [2.24, 2.45) is 0 Å². The van der Waals surface area contributed by atoms with Crippen LogP contribution in [0, 0.1) is 24.6 Å². The SMILES string of the molecule is Cc1ccc(-c2ccc(C)c(I)c2I)cc1I. The lowest BCUT2D eigenvalue weighted by atomic mass is 10.0. The van der Waals surface area contributed by atoms with Crippen LogP contribution in [0.2, 0.25) is 0 Å². The van der Waals surface area contributed by atoms with Gasteiger partial charge in [-0.1, -0.05) is 24.3 Å². The Morgan fingerprint density at radius 2 is 1.41 bits per heavy atom. The van der Waals surface area contributed by atoms with E-state index in [0.717, 1.165) is 0 Å². The van der Waals surface area contributed by atoms with Gasteiger partial charge in [0.25, 0.3) is 0 Å². The maximum Gasteiger partial charge on any atom is 0.0345 e. The van der Waals surface area contributed by atoms with Crippen LogP contribution >= 0.6 is 67.8 Å². The molecule has 0 nitrogen and oxygen atoms in total. The first-order valence-corrected chi connectivity index (χ1v) is 8.45. The molecule has 2 aromatic carbocycles. The van der Waals surface area contributed by atoms with Gasteiger partial charge in [0.05, 0.1) is 0 Å². The third-order valence-electron chi connectivity index (χ3n) is 2.76. The first kappa shape index (κ1) is 14.0. The van der Waals surface area contributed by atoms with Crippen molar-refractivity contribution in [1.82, 2.24) is 0 Å². The second kappa shape index (κ2) is 5.73. The van der Waals surface area contributed by atoms with Crippen LogP contribution in [0.25, 0.3) is 11.1 Å². The molecule has 17 heavy (non-hydrogen) atoms. The lowest BCUT2D eigenvalue weighted by Gasteiger charge is -2.10. The molecule has 0 saturated carbocycles. The van der Waals surface area contributed by atoms with E-state index in [1.807, 2.05) is 0 Å². The molecule has 0 bridgehead atoms. The summed E-state index contributed by atoms with van der Waals surface area (Å²) in [5.41, 5.74) is 5.33. The van der Waals surface area contributed by atoms with E-state index in [0.29, 0.717) is 0 Å². The molecule has 0 amide bonds. The average molecular weight is 560 g/mol. The Morgan fingerprint density at radius 3 is 2.06 bits per heavy atom. The first-order chi connectivity index (χ1) is 8.00. The molecule has 0 unspecified atom stereocenters. The van der Waals surface area contributed by atoms with Crippen molar-refractivity contribution in [2.45, 2.75) is 13.8 Å². The van der Waals surface area contributed by atoms with Crippen molar-refractivity contribution in [2.75, 3.05) is 0 Å².